The SMILES string of the molecule is CCC1CN(C(=O)CNC(C)C)CCO1. The van der Waals surface area contributed by atoms with Crippen LogP contribution < -0.4 is 5.32 Å². The lowest BCUT2D eigenvalue weighted by Crippen LogP contribution is -2.48. The highest BCUT2D eigenvalue weighted by molar-refractivity contribution is 5.78. The monoisotopic (exact) mass is 214 g/mol. The molecule has 0 aromatic carbocycles. The topological polar surface area (TPSA) is 41.6 Å². The van der Waals surface area contributed by atoms with Gasteiger partial charge in [-0.2, -0.15) is 0 Å². The van der Waals surface area contributed by atoms with E-state index in [0.29, 0.717) is 19.2 Å². The molecule has 4 heteroatoms. The minimum Gasteiger partial charge on any atom is -0.375 e. The molecular weight excluding hydrogens is 192 g/mol. The molecule has 0 aliphatic carbocycles. The summed E-state index contributed by atoms with van der Waals surface area (Å²) in [5, 5.41) is 3.14. The average molecular weight is 214 g/mol. The first-order chi connectivity index (χ1) is 7.13. The van der Waals surface area contributed by atoms with E-state index in [1.807, 2.05) is 18.7 Å². The molecule has 1 fully saturated rings. The average Bonchev–Trinajstić information content (AvgIpc) is 2.26. The van der Waals surface area contributed by atoms with Crippen molar-refractivity contribution in [1.29, 1.82) is 0 Å². The van der Waals surface area contributed by atoms with E-state index in [1.54, 1.807) is 0 Å². The predicted molar refractivity (Wildman–Crippen MR) is 59.7 cm³/mol. The van der Waals surface area contributed by atoms with E-state index in [2.05, 4.69) is 12.2 Å². The summed E-state index contributed by atoms with van der Waals surface area (Å²) in [6.07, 6.45) is 1.20. The number of carbonyl (C=O) groups is 1. The van der Waals surface area contributed by atoms with E-state index in [9.17, 15) is 4.79 Å². The van der Waals surface area contributed by atoms with Crippen molar-refractivity contribution in [2.75, 3.05) is 26.2 Å². The molecule has 88 valence electrons. The third-order valence-electron chi connectivity index (χ3n) is 2.61. The Bertz CT molecular complexity index is 207. The van der Waals surface area contributed by atoms with Crippen LogP contribution in [0.25, 0.3) is 0 Å². The summed E-state index contributed by atoms with van der Waals surface area (Å²) >= 11 is 0. The van der Waals surface area contributed by atoms with Crippen LogP contribution in [0.15, 0.2) is 0 Å². The number of morpholine rings is 1. The highest BCUT2D eigenvalue weighted by Crippen LogP contribution is 2.07. The third kappa shape index (κ3) is 4.18. The van der Waals surface area contributed by atoms with Crippen LogP contribution in [-0.2, 0) is 9.53 Å². The predicted octanol–water partition coefficient (Wildman–Crippen LogP) is 0.622. The Morgan fingerprint density at radius 2 is 2.33 bits per heavy atom. The molecule has 0 radical (unpaired) electrons. The Labute approximate surface area is 92.0 Å². The molecule has 1 rings (SSSR count). The first kappa shape index (κ1) is 12.5. The van der Waals surface area contributed by atoms with Gasteiger partial charge in [0.05, 0.1) is 19.3 Å². The Kier molecular flexibility index (Phi) is 5.05. The summed E-state index contributed by atoms with van der Waals surface area (Å²) in [7, 11) is 0. The van der Waals surface area contributed by atoms with Crippen LogP contribution in [0.2, 0.25) is 0 Å². The van der Waals surface area contributed by atoms with Gasteiger partial charge in [0, 0.05) is 19.1 Å². The molecule has 0 aromatic heterocycles. The van der Waals surface area contributed by atoms with Crippen molar-refractivity contribution in [3.8, 4) is 0 Å². The van der Waals surface area contributed by atoms with Gasteiger partial charge in [-0.25, -0.2) is 0 Å². The van der Waals surface area contributed by atoms with Gasteiger partial charge in [-0.15, -0.1) is 0 Å². The minimum absolute atomic E-state index is 0.186. The maximum absolute atomic E-state index is 11.8. The number of nitrogens with zero attached hydrogens (tertiary/aromatic N) is 1. The fourth-order valence-corrected chi connectivity index (χ4v) is 1.60. The molecule has 1 saturated heterocycles. The van der Waals surface area contributed by atoms with Gasteiger partial charge in [0.1, 0.15) is 0 Å². The Morgan fingerprint density at radius 1 is 1.60 bits per heavy atom. The molecule has 4 nitrogen and oxygen atoms in total. The number of nitrogens with one attached hydrogen (secondary N) is 1. The van der Waals surface area contributed by atoms with Crippen LogP contribution in [0.3, 0.4) is 0 Å². The molecule has 15 heavy (non-hydrogen) atoms. The van der Waals surface area contributed by atoms with Gasteiger partial charge in [-0.1, -0.05) is 20.8 Å². The molecule has 1 atom stereocenters. The molecule has 0 bridgehead atoms. The van der Waals surface area contributed by atoms with E-state index >= 15 is 0 Å². The highest BCUT2D eigenvalue weighted by atomic mass is 16.5. The zero-order chi connectivity index (χ0) is 11.3. The second kappa shape index (κ2) is 6.08. The largest absolute Gasteiger partial charge is 0.375 e. The second-order valence-electron chi connectivity index (χ2n) is 4.28. The van der Waals surface area contributed by atoms with Crippen molar-refractivity contribution in [1.82, 2.24) is 10.2 Å². The lowest BCUT2D eigenvalue weighted by atomic mass is 10.2. The van der Waals surface area contributed by atoms with E-state index in [4.69, 9.17) is 4.74 Å². The van der Waals surface area contributed by atoms with Crippen LogP contribution in [0.1, 0.15) is 27.2 Å². The van der Waals surface area contributed by atoms with Crippen molar-refractivity contribution in [2.24, 2.45) is 0 Å². The Hall–Kier alpha value is -0.610. The molecule has 1 N–H and O–H groups in total. The summed E-state index contributed by atoms with van der Waals surface area (Å²) in [6.45, 7) is 8.76. The Morgan fingerprint density at radius 3 is 2.93 bits per heavy atom. The van der Waals surface area contributed by atoms with Crippen molar-refractivity contribution in [3.05, 3.63) is 0 Å². The fourth-order valence-electron chi connectivity index (χ4n) is 1.60. The van der Waals surface area contributed by atoms with E-state index < -0.39 is 0 Å². The van der Waals surface area contributed by atoms with Crippen LogP contribution in [-0.4, -0.2) is 49.2 Å². The molecule has 1 amide bonds. The minimum atomic E-state index is 0.186. The molecule has 1 unspecified atom stereocenters. The van der Waals surface area contributed by atoms with Gasteiger partial charge < -0.3 is 15.0 Å². The van der Waals surface area contributed by atoms with Gasteiger partial charge in [0.2, 0.25) is 5.91 Å². The standard InChI is InChI=1S/C11H22N2O2/c1-4-10-8-13(5-6-15-10)11(14)7-12-9(2)3/h9-10,12H,4-8H2,1-3H3. The summed E-state index contributed by atoms with van der Waals surface area (Å²) in [6, 6.07) is 0.358. The number of amides is 1. The summed E-state index contributed by atoms with van der Waals surface area (Å²) in [5.74, 6) is 0.186. The number of carbonyl (C=O) groups excluding carboxylic acids is 1. The zero-order valence-corrected chi connectivity index (χ0v) is 9.95. The van der Waals surface area contributed by atoms with Crippen LogP contribution in [0, 0.1) is 0 Å². The number of hydrogen-bond acceptors (Lipinski definition) is 3. The van der Waals surface area contributed by atoms with Crippen LogP contribution in [0.5, 0.6) is 0 Å². The third-order valence-corrected chi connectivity index (χ3v) is 2.61. The second-order valence-corrected chi connectivity index (χ2v) is 4.28. The lowest BCUT2D eigenvalue weighted by Gasteiger charge is -2.32. The quantitative estimate of drug-likeness (QED) is 0.746. The summed E-state index contributed by atoms with van der Waals surface area (Å²) in [5.41, 5.74) is 0. The van der Waals surface area contributed by atoms with Gasteiger partial charge >= 0.3 is 0 Å². The maximum Gasteiger partial charge on any atom is 0.236 e. The smallest absolute Gasteiger partial charge is 0.236 e. The molecular formula is C11H22N2O2. The lowest BCUT2D eigenvalue weighted by molar-refractivity contribution is -0.137. The molecule has 0 aromatic rings. The molecule has 0 spiro atoms. The molecule has 0 saturated carbocycles. The van der Waals surface area contributed by atoms with E-state index in [1.165, 1.54) is 0 Å². The highest BCUT2D eigenvalue weighted by Gasteiger charge is 2.22. The van der Waals surface area contributed by atoms with Gasteiger partial charge in [0.15, 0.2) is 0 Å². The maximum atomic E-state index is 11.8. The normalized spacial score (nSPS) is 22.1. The summed E-state index contributed by atoms with van der Waals surface area (Å²) in [4.78, 5) is 13.7. The summed E-state index contributed by atoms with van der Waals surface area (Å²) < 4.78 is 5.52. The van der Waals surface area contributed by atoms with Crippen LogP contribution >= 0.6 is 0 Å². The Balaban J connectivity index is 2.32. The van der Waals surface area contributed by atoms with E-state index in [0.717, 1.165) is 19.5 Å². The fraction of sp³-hybridized carbons (Fsp3) is 0.909. The van der Waals surface area contributed by atoms with Crippen molar-refractivity contribution in [2.45, 2.75) is 39.3 Å². The van der Waals surface area contributed by atoms with Crippen molar-refractivity contribution < 1.29 is 9.53 Å². The first-order valence-corrected chi connectivity index (χ1v) is 5.76. The van der Waals surface area contributed by atoms with Gasteiger partial charge in [-0.05, 0) is 6.42 Å². The van der Waals surface area contributed by atoms with Gasteiger partial charge in [-0.3, -0.25) is 4.79 Å². The zero-order valence-electron chi connectivity index (χ0n) is 9.95. The van der Waals surface area contributed by atoms with Crippen LogP contribution in [0.4, 0.5) is 0 Å². The van der Waals surface area contributed by atoms with Gasteiger partial charge in [0.25, 0.3) is 0 Å². The number of hydrogen-bond donors (Lipinski definition) is 1. The molecule has 1 aliphatic heterocycles. The van der Waals surface area contributed by atoms with E-state index in [-0.39, 0.29) is 12.0 Å². The molecule has 1 heterocycles. The van der Waals surface area contributed by atoms with Crippen molar-refractivity contribution >= 4 is 5.91 Å². The molecule has 1 aliphatic rings. The number of ether oxygens (including phenoxy) is 1. The first-order valence-electron chi connectivity index (χ1n) is 5.76. The number of rotatable bonds is 4. The van der Waals surface area contributed by atoms with Crippen molar-refractivity contribution in [3.63, 3.8) is 0 Å².